The number of ether oxygens (including phenoxy) is 1. The van der Waals surface area contributed by atoms with Crippen molar-refractivity contribution in [3.05, 3.63) is 34.2 Å². The minimum atomic E-state index is -4.78. The van der Waals surface area contributed by atoms with Crippen LogP contribution in [-0.2, 0) is 22.3 Å². The summed E-state index contributed by atoms with van der Waals surface area (Å²) in [6.45, 7) is 0.410. The largest absolute Gasteiger partial charge is 0.439 e. The highest BCUT2D eigenvalue weighted by atomic mass is 19.4. The Labute approximate surface area is 146 Å². The van der Waals surface area contributed by atoms with Gasteiger partial charge in [0.2, 0.25) is 5.91 Å². The van der Waals surface area contributed by atoms with Crippen LogP contribution in [0.3, 0.4) is 0 Å². The molecular weight excluding hydrogens is 355 g/mol. The lowest BCUT2D eigenvalue weighted by Gasteiger charge is -2.38. The number of halogens is 3. The van der Waals surface area contributed by atoms with Gasteiger partial charge in [0.15, 0.2) is 0 Å². The Balaban J connectivity index is 1.75. The fourth-order valence-corrected chi connectivity index (χ4v) is 3.44. The highest BCUT2D eigenvalue weighted by molar-refractivity contribution is 5.76. The van der Waals surface area contributed by atoms with Gasteiger partial charge in [-0.2, -0.15) is 13.2 Å². The van der Waals surface area contributed by atoms with Crippen molar-refractivity contribution in [3.8, 4) is 0 Å². The summed E-state index contributed by atoms with van der Waals surface area (Å²) >= 11 is 0. The zero-order chi connectivity index (χ0) is 19.1. The molecule has 1 atom stereocenters. The molecule has 10 heteroatoms. The quantitative estimate of drug-likeness (QED) is 0.784. The maximum absolute atomic E-state index is 12.8. The molecule has 2 aliphatic heterocycles. The van der Waals surface area contributed by atoms with E-state index < -0.39 is 41.4 Å². The van der Waals surface area contributed by atoms with Crippen molar-refractivity contribution in [2.75, 3.05) is 26.7 Å². The Kier molecular flexibility index (Phi) is 4.45. The average molecular weight is 373 g/mol. The maximum Gasteiger partial charge on any atom is 0.421 e. The molecule has 2 amide bonds. The Morgan fingerprint density at radius 1 is 1.31 bits per heavy atom. The summed E-state index contributed by atoms with van der Waals surface area (Å²) in [7, 11) is 1.60. The van der Waals surface area contributed by atoms with Gasteiger partial charge in [-0.05, 0) is 25.0 Å². The first kappa shape index (κ1) is 18.3. The van der Waals surface area contributed by atoms with E-state index in [2.05, 4.69) is 0 Å². The van der Waals surface area contributed by atoms with Crippen LogP contribution < -0.4 is 5.56 Å². The van der Waals surface area contributed by atoms with Crippen LogP contribution in [-0.4, -0.2) is 58.7 Å². The summed E-state index contributed by atoms with van der Waals surface area (Å²) in [6.07, 6.45) is -2.88. The van der Waals surface area contributed by atoms with Gasteiger partial charge < -0.3 is 19.1 Å². The summed E-state index contributed by atoms with van der Waals surface area (Å²) in [5.74, 6) is -0.490. The first-order chi connectivity index (χ1) is 12.1. The number of alkyl halides is 3. The fraction of sp³-hybridized carbons (Fsp3) is 0.562. The monoisotopic (exact) mass is 373 g/mol. The molecule has 2 aliphatic rings. The second kappa shape index (κ2) is 6.33. The molecule has 26 heavy (non-hydrogen) atoms. The van der Waals surface area contributed by atoms with E-state index in [1.807, 2.05) is 0 Å². The van der Waals surface area contributed by atoms with Crippen LogP contribution in [0.25, 0.3) is 0 Å². The van der Waals surface area contributed by atoms with Crippen molar-refractivity contribution >= 4 is 12.0 Å². The van der Waals surface area contributed by atoms with E-state index in [1.165, 1.54) is 9.80 Å². The molecule has 0 radical (unpaired) electrons. The molecule has 3 rings (SSSR count). The molecule has 0 unspecified atom stereocenters. The van der Waals surface area contributed by atoms with Gasteiger partial charge in [0.25, 0.3) is 5.56 Å². The molecule has 1 spiro atoms. The lowest BCUT2D eigenvalue weighted by atomic mass is 9.92. The van der Waals surface area contributed by atoms with Gasteiger partial charge >= 0.3 is 12.3 Å². The van der Waals surface area contributed by atoms with Crippen molar-refractivity contribution in [2.45, 2.75) is 31.2 Å². The number of hydrogen-bond acceptors (Lipinski definition) is 4. The van der Waals surface area contributed by atoms with Crippen LogP contribution in [0.5, 0.6) is 0 Å². The van der Waals surface area contributed by atoms with Crippen molar-refractivity contribution in [1.29, 1.82) is 0 Å². The maximum atomic E-state index is 12.8. The number of nitrogens with zero attached hydrogens (tertiary/aromatic N) is 3. The third kappa shape index (κ3) is 3.40. The van der Waals surface area contributed by atoms with Gasteiger partial charge in [-0.15, -0.1) is 0 Å². The number of amides is 2. The van der Waals surface area contributed by atoms with E-state index in [1.54, 1.807) is 7.05 Å². The third-order valence-electron chi connectivity index (χ3n) is 4.66. The molecule has 0 aromatic carbocycles. The molecule has 0 bridgehead atoms. The smallest absolute Gasteiger partial charge is 0.421 e. The van der Waals surface area contributed by atoms with Gasteiger partial charge in [-0.25, -0.2) is 4.79 Å². The SMILES string of the molecule is CN1C[C@]2(CCCN(C(=O)Cn3cccc(C(F)(F)F)c3=O)C2)OC1=O. The Morgan fingerprint density at radius 3 is 2.65 bits per heavy atom. The zero-order valence-electron chi connectivity index (χ0n) is 14.1. The molecule has 2 saturated heterocycles. The lowest BCUT2D eigenvalue weighted by molar-refractivity contribution is -0.140. The van der Waals surface area contributed by atoms with E-state index in [0.29, 0.717) is 32.0 Å². The molecule has 142 valence electrons. The Bertz CT molecular complexity index is 792. The predicted molar refractivity (Wildman–Crippen MR) is 83.4 cm³/mol. The minimum absolute atomic E-state index is 0.162. The van der Waals surface area contributed by atoms with Gasteiger partial charge in [0, 0.05) is 19.8 Å². The second-order valence-corrected chi connectivity index (χ2v) is 6.68. The van der Waals surface area contributed by atoms with Crippen molar-refractivity contribution in [2.24, 2.45) is 0 Å². The molecule has 2 fully saturated rings. The van der Waals surface area contributed by atoms with E-state index in [0.717, 1.165) is 16.8 Å². The molecule has 0 N–H and O–H groups in total. The molecular formula is C16H18F3N3O4. The second-order valence-electron chi connectivity index (χ2n) is 6.68. The predicted octanol–water partition coefficient (Wildman–Crippen LogP) is 1.31. The van der Waals surface area contributed by atoms with Crippen molar-refractivity contribution in [3.63, 3.8) is 0 Å². The number of pyridine rings is 1. The summed E-state index contributed by atoms with van der Waals surface area (Å²) in [5.41, 5.74) is -3.36. The van der Waals surface area contributed by atoms with E-state index in [-0.39, 0.29) is 6.54 Å². The normalized spacial score (nSPS) is 23.5. The van der Waals surface area contributed by atoms with E-state index in [4.69, 9.17) is 4.74 Å². The van der Waals surface area contributed by atoms with Gasteiger partial charge in [0.05, 0.1) is 13.1 Å². The van der Waals surface area contributed by atoms with Gasteiger partial charge in [0.1, 0.15) is 17.7 Å². The first-order valence-corrected chi connectivity index (χ1v) is 8.10. The lowest BCUT2D eigenvalue weighted by Crippen LogP contribution is -2.53. The standard InChI is InChI=1S/C16H18F3N3O4/c1-20-9-15(26-14(20)25)5-3-7-22(10-15)12(23)8-21-6-2-4-11(13(21)24)16(17,18)19/h2,4,6H,3,5,7-10H2,1H3/t15-/m0/s1. The molecule has 1 aromatic rings. The number of likely N-dealkylation sites (tertiary alicyclic amines) is 1. The zero-order valence-corrected chi connectivity index (χ0v) is 14.1. The van der Waals surface area contributed by atoms with Crippen LogP contribution in [0.4, 0.5) is 18.0 Å². The van der Waals surface area contributed by atoms with Crippen LogP contribution in [0.1, 0.15) is 18.4 Å². The van der Waals surface area contributed by atoms with E-state index in [9.17, 15) is 27.6 Å². The molecule has 0 saturated carbocycles. The van der Waals surface area contributed by atoms with Crippen LogP contribution in [0, 0.1) is 0 Å². The summed E-state index contributed by atoms with van der Waals surface area (Å²) < 4.78 is 44.6. The van der Waals surface area contributed by atoms with Gasteiger partial charge in [-0.1, -0.05) is 0 Å². The molecule has 0 aliphatic carbocycles. The number of carbonyl (C=O) groups is 2. The number of hydrogen-bond donors (Lipinski definition) is 0. The highest BCUT2D eigenvalue weighted by Gasteiger charge is 2.47. The van der Waals surface area contributed by atoms with Crippen molar-refractivity contribution < 1.29 is 27.5 Å². The van der Waals surface area contributed by atoms with Crippen molar-refractivity contribution in [1.82, 2.24) is 14.4 Å². The fourth-order valence-electron chi connectivity index (χ4n) is 3.44. The first-order valence-electron chi connectivity index (χ1n) is 8.10. The molecule has 1 aromatic heterocycles. The molecule has 7 nitrogen and oxygen atoms in total. The summed E-state index contributed by atoms with van der Waals surface area (Å²) in [6, 6.07) is 1.77. The summed E-state index contributed by atoms with van der Waals surface area (Å²) in [4.78, 5) is 39.0. The number of carbonyl (C=O) groups excluding carboxylic acids is 2. The highest BCUT2D eigenvalue weighted by Crippen LogP contribution is 2.31. The number of piperidine rings is 1. The van der Waals surface area contributed by atoms with Crippen LogP contribution >= 0.6 is 0 Å². The average Bonchev–Trinajstić information content (AvgIpc) is 2.81. The Hall–Kier alpha value is -2.52. The molecule has 3 heterocycles. The summed E-state index contributed by atoms with van der Waals surface area (Å²) in [5, 5.41) is 0. The minimum Gasteiger partial charge on any atom is -0.439 e. The third-order valence-corrected chi connectivity index (χ3v) is 4.66. The number of aromatic nitrogens is 1. The van der Waals surface area contributed by atoms with Crippen LogP contribution in [0.2, 0.25) is 0 Å². The topological polar surface area (TPSA) is 71.8 Å². The number of likely N-dealkylation sites (N-methyl/N-ethyl adjacent to an activating group) is 1. The Morgan fingerprint density at radius 2 is 2.04 bits per heavy atom. The van der Waals surface area contributed by atoms with Gasteiger partial charge in [-0.3, -0.25) is 9.59 Å². The van der Waals surface area contributed by atoms with Crippen LogP contribution in [0.15, 0.2) is 23.1 Å². The number of rotatable bonds is 2. The van der Waals surface area contributed by atoms with E-state index >= 15 is 0 Å².